The van der Waals surface area contributed by atoms with E-state index in [1.54, 1.807) is 6.07 Å². The Labute approximate surface area is 133 Å². The molecular weight excluding hydrogens is 298 g/mol. The molecular formula is C17H16NO5-. The highest BCUT2D eigenvalue weighted by atomic mass is 16.7. The lowest BCUT2D eigenvalue weighted by Gasteiger charge is -2.27. The second-order valence-corrected chi connectivity index (χ2v) is 6.22. The number of nitrogens with one attached hydrogen (secondary N) is 1. The van der Waals surface area contributed by atoms with Crippen LogP contribution in [0.5, 0.6) is 11.5 Å². The van der Waals surface area contributed by atoms with Gasteiger partial charge in [-0.2, -0.15) is 0 Å². The highest BCUT2D eigenvalue weighted by Gasteiger charge is 2.48. The Bertz CT molecular complexity index is 698. The largest absolute Gasteiger partial charge is 0.550 e. The van der Waals surface area contributed by atoms with E-state index in [0.717, 1.165) is 12.0 Å². The molecule has 1 aliphatic heterocycles. The molecule has 6 nitrogen and oxygen atoms in total. The third-order valence-electron chi connectivity index (χ3n) is 4.94. The maximum absolute atomic E-state index is 12.5. The second-order valence-electron chi connectivity index (χ2n) is 6.22. The van der Waals surface area contributed by atoms with Crippen LogP contribution in [0.2, 0.25) is 0 Å². The average molecular weight is 314 g/mol. The second kappa shape index (κ2) is 5.30. The van der Waals surface area contributed by atoms with Crippen LogP contribution in [0.15, 0.2) is 30.4 Å². The molecule has 1 saturated carbocycles. The number of ether oxygens (including phenoxy) is 2. The first kappa shape index (κ1) is 14.1. The zero-order valence-electron chi connectivity index (χ0n) is 12.4. The number of amides is 1. The summed E-state index contributed by atoms with van der Waals surface area (Å²) < 4.78 is 10.5. The summed E-state index contributed by atoms with van der Waals surface area (Å²) in [7, 11) is 0. The molecule has 0 unspecified atom stereocenters. The molecule has 0 radical (unpaired) electrons. The Morgan fingerprint density at radius 2 is 1.87 bits per heavy atom. The summed E-state index contributed by atoms with van der Waals surface area (Å²) in [5.41, 5.74) is 0.881. The fourth-order valence-corrected chi connectivity index (χ4v) is 3.86. The van der Waals surface area contributed by atoms with Crippen molar-refractivity contribution < 1.29 is 24.2 Å². The molecule has 1 amide bonds. The summed E-state index contributed by atoms with van der Waals surface area (Å²) in [6.07, 6.45) is 4.57. The van der Waals surface area contributed by atoms with Crippen LogP contribution in [0.25, 0.3) is 0 Å². The molecule has 0 aromatic heterocycles. The van der Waals surface area contributed by atoms with Crippen molar-refractivity contribution in [3.05, 3.63) is 35.9 Å². The Balaban J connectivity index is 1.44. The lowest BCUT2D eigenvalue weighted by atomic mass is 9.82. The van der Waals surface area contributed by atoms with Crippen molar-refractivity contribution in [2.24, 2.45) is 23.7 Å². The van der Waals surface area contributed by atoms with Gasteiger partial charge in [-0.3, -0.25) is 4.79 Å². The number of carbonyl (C=O) groups is 2. The van der Waals surface area contributed by atoms with Crippen LogP contribution in [0.4, 0.5) is 0 Å². The minimum absolute atomic E-state index is 0.000320. The fraction of sp³-hybridized carbons (Fsp3) is 0.412. The van der Waals surface area contributed by atoms with Gasteiger partial charge in [-0.1, -0.05) is 18.2 Å². The van der Waals surface area contributed by atoms with Gasteiger partial charge in [-0.25, -0.2) is 0 Å². The molecule has 1 N–H and O–H groups in total. The zero-order chi connectivity index (χ0) is 16.0. The number of aliphatic carboxylic acids is 1. The third-order valence-corrected chi connectivity index (χ3v) is 4.94. The van der Waals surface area contributed by atoms with Crippen LogP contribution < -0.4 is 19.9 Å². The molecule has 4 atom stereocenters. The van der Waals surface area contributed by atoms with Crippen molar-refractivity contribution in [2.45, 2.75) is 13.0 Å². The molecule has 2 bridgehead atoms. The number of benzene rings is 1. The molecule has 0 saturated heterocycles. The molecule has 1 heterocycles. The average Bonchev–Trinajstić information content (AvgIpc) is 3.25. The fourth-order valence-electron chi connectivity index (χ4n) is 3.86. The Morgan fingerprint density at radius 1 is 1.13 bits per heavy atom. The van der Waals surface area contributed by atoms with E-state index in [0.29, 0.717) is 18.0 Å². The predicted molar refractivity (Wildman–Crippen MR) is 77.1 cm³/mol. The van der Waals surface area contributed by atoms with Crippen LogP contribution in [0.1, 0.15) is 12.0 Å². The number of hydrogen-bond acceptors (Lipinski definition) is 5. The molecule has 3 aliphatic rings. The van der Waals surface area contributed by atoms with Gasteiger partial charge in [0.05, 0.1) is 5.92 Å². The molecule has 1 aromatic carbocycles. The summed E-state index contributed by atoms with van der Waals surface area (Å²) in [6.45, 7) is 0.531. The molecule has 120 valence electrons. The normalized spacial score (nSPS) is 29.7. The summed E-state index contributed by atoms with van der Waals surface area (Å²) in [5, 5.41) is 14.2. The van der Waals surface area contributed by atoms with Crippen molar-refractivity contribution in [1.82, 2.24) is 5.32 Å². The third kappa shape index (κ3) is 2.34. The number of carboxylic acids is 1. The van der Waals surface area contributed by atoms with E-state index in [2.05, 4.69) is 5.32 Å². The highest BCUT2D eigenvalue weighted by molar-refractivity contribution is 5.86. The Morgan fingerprint density at radius 3 is 2.65 bits per heavy atom. The first-order valence-electron chi connectivity index (χ1n) is 7.69. The number of rotatable bonds is 4. The van der Waals surface area contributed by atoms with Crippen molar-refractivity contribution in [3.8, 4) is 11.5 Å². The number of hydrogen-bond donors (Lipinski definition) is 1. The maximum atomic E-state index is 12.5. The molecule has 23 heavy (non-hydrogen) atoms. The van der Waals surface area contributed by atoms with Crippen LogP contribution >= 0.6 is 0 Å². The van der Waals surface area contributed by atoms with E-state index in [-0.39, 0.29) is 24.5 Å². The van der Waals surface area contributed by atoms with Gasteiger partial charge >= 0.3 is 0 Å². The van der Waals surface area contributed by atoms with Crippen molar-refractivity contribution in [2.75, 3.05) is 6.79 Å². The van der Waals surface area contributed by atoms with Gasteiger partial charge in [-0.15, -0.1) is 0 Å². The van der Waals surface area contributed by atoms with Gasteiger partial charge in [-0.05, 0) is 36.0 Å². The molecule has 1 aromatic rings. The minimum atomic E-state index is -1.13. The summed E-state index contributed by atoms with van der Waals surface area (Å²) in [4.78, 5) is 23.8. The van der Waals surface area contributed by atoms with E-state index < -0.39 is 17.8 Å². The SMILES string of the molecule is O=C([O-])[C@@H]1[C@H](C(=O)NCc2ccc3c(c2)OCO3)[C@H]2C=C[C@H]1C2. The molecule has 6 heteroatoms. The van der Waals surface area contributed by atoms with Gasteiger partial charge in [0.25, 0.3) is 0 Å². The van der Waals surface area contributed by atoms with E-state index in [1.165, 1.54) is 0 Å². The summed E-state index contributed by atoms with van der Waals surface area (Å²) >= 11 is 0. The number of fused-ring (bicyclic) bond motifs is 3. The predicted octanol–water partition coefficient (Wildman–Crippen LogP) is 0.220. The van der Waals surface area contributed by atoms with E-state index in [9.17, 15) is 14.7 Å². The lowest BCUT2D eigenvalue weighted by molar-refractivity contribution is -0.313. The number of carboxylic acid groups (broad SMARTS) is 1. The first-order chi connectivity index (χ1) is 11.1. The van der Waals surface area contributed by atoms with Crippen molar-refractivity contribution in [3.63, 3.8) is 0 Å². The van der Waals surface area contributed by atoms with Gasteiger partial charge < -0.3 is 24.7 Å². The molecule has 4 rings (SSSR count). The highest BCUT2D eigenvalue weighted by Crippen LogP contribution is 2.47. The van der Waals surface area contributed by atoms with Gasteiger partial charge in [0, 0.05) is 18.4 Å². The monoisotopic (exact) mass is 314 g/mol. The van der Waals surface area contributed by atoms with Crippen molar-refractivity contribution in [1.29, 1.82) is 0 Å². The van der Waals surface area contributed by atoms with Gasteiger partial charge in [0.2, 0.25) is 12.7 Å². The zero-order valence-corrected chi connectivity index (χ0v) is 12.4. The lowest BCUT2D eigenvalue weighted by Crippen LogP contribution is -2.44. The van der Waals surface area contributed by atoms with Crippen LogP contribution in [0.3, 0.4) is 0 Å². The number of carbonyl (C=O) groups excluding carboxylic acids is 2. The quantitative estimate of drug-likeness (QED) is 0.803. The smallest absolute Gasteiger partial charge is 0.231 e. The summed E-state index contributed by atoms with van der Waals surface area (Å²) in [6, 6.07) is 5.47. The van der Waals surface area contributed by atoms with Crippen LogP contribution in [-0.2, 0) is 16.1 Å². The van der Waals surface area contributed by atoms with Gasteiger partial charge in [0.1, 0.15) is 0 Å². The minimum Gasteiger partial charge on any atom is -0.550 e. The van der Waals surface area contributed by atoms with E-state index in [1.807, 2.05) is 24.3 Å². The van der Waals surface area contributed by atoms with Crippen LogP contribution in [0, 0.1) is 23.7 Å². The topological polar surface area (TPSA) is 87.7 Å². The Kier molecular flexibility index (Phi) is 3.25. The molecule has 2 aliphatic carbocycles. The van der Waals surface area contributed by atoms with E-state index in [4.69, 9.17) is 9.47 Å². The molecule has 1 fully saturated rings. The first-order valence-corrected chi connectivity index (χ1v) is 7.69. The number of allylic oxidation sites excluding steroid dienone is 2. The Hall–Kier alpha value is -2.50. The summed E-state index contributed by atoms with van der Waals surface area (Å²) in [5.74, 6) is -1.35. The van der Waals surface area contributed by atoms with Crippen LogP contribution in [-0.4, -0.2) is 18.7 Å². The van der Waals surface area contributed by atoms with E-state index >= 15 is 0 Å². The maximum Gasteiger partial charge on any atom is 0.231 e. The molecule has 0 spiro atoms. The standard InChI is InChI=1S/C17H17NO5/c19-16(14-10-2-3-11(6-10)15(14)17(20)21)18-7-9-1-4-12-13(5-9)23-8-22-12/h1-5,10-11,14-15H,6-8H2,(H,18,19)(H,20,21)/p-1/t10-,11-,14+,15-/m0/s1. The van der Waals surface area contributed by atoms with Gasteiger partial charge in [0.15, 0.2) is 11.5 Å². The van der Waals surface area contributed by atoms with Crippen molar-refractivity contribution >= 4 is 11.9 Å².